The highest BCUT2D eigenvalue weighted by Crippen LogP contribution is 2.38. The number of halogens is 3. The number of benzene rings is 2. The molecule has 1 N–H and O–H groups in total. The maximum atomic E-state index is 13.4. The maximum absolute atomic E-state index is 13.4. The summed E-state index contributed by atoms with van der Waals surface area (Å²) in [6.45, 7) is 1.57. The van der Waals surface area contributed by atoms with Crippen molar-refractivity contribution in [1.29, 1.82) is 0 Å². The Kier molecular flexibility index (Phi) is 4.22. The molecule has 1 aliphatic rings. The van der Waals surface area contributed by atoms with Gasteiger partial charge >= 0.3 is 0 Å². The summed E-state index contributed by atoms with van der Waals surface area (Å²) in [5, 5.41) is 3.36. The van der Waals surface area contributed by atoms with Gasteiger partial charge in [0.1, 0.15) is 19.0 Å². The van der Waals surface area contributed by atoms with Gasteiger partial charge in [-0.3, -0.25) is 0 Å². The van der Waals surface area contributed by atoms with E-state index in [-0.39, 0.29) is 5.02 Å². The molecule has 1 aliphatic heterocycles. The fourth-order valence-electron chi connectivity index (χ4n) is 2.05. The van der Waals surface area contributed by atoms with Gasteiger partial charge in [-0.1, -0.05) is 17.7 Å². The first-order valence-corrected chi connectivity index (χ1v) is 7.57. The molecule has 0 bridgehead atoms. The summed E-state index contributed by atoms with van der Waals surface area (Å²) in [6, 6.07) is 8.47. The molecule has 0 atom stereocenters. The van der Waals surface area contributed by atoms with Gasteiger partial charge in [0.15, 0.2) is 11.5 Å². The van der Waals surface area contributed by atoms with Crippen molar-refractivity contribution in [3.63, 3.8) is 0 Å². The van der Waals surface area contributed by atoms with E-state index in [2.05, 4.69) is 21.2 Å². The monoisotopic (exact) mass is 371 g/mol. The first-order chi connectivity index (χ1) is 10.1. The van der Waals surface area contributed by atoms with E-state index in [4.69, 9.17) is 21.1 Å². The topological polar surface area (TPSA) is 30.5 Å². The smallest absolute Gasteiger partial charge is 0.163 e. The molecule has 0 saturated carbocycles. The van der Waals surface area contributed by atoms with Gasteiger partial charge in [-0.2, -0.15) is 0 Å². The zero-order valence-electron chi connectivity index (χ0n) is 11.0. The Labute approximate surface area is 135 Å². The zero-order valence-corrected chi connectivity index (χ0v) is 13.3. The standard InChI is InChI=1S/C15H12BrClFNO2/c16-10-6-14-15(21-4-3-20-14)7-13(10)19-8-9-1-2-11(17)12(18)5-9/h1-2,5-7,19H,3-4,8H2. The molecular formula is C15H12BrClFNO2. The van der Waals surface area contributed by atoms with Crippen LogP contribution in [0.25, 0.3) is 0 Å². The van der Waals surface area contributed by atoms with Crippen LogP contribution >= 0.6 is 27.5 Å². The predicted octanol–water partition coefficient (Wildman–Crippen LogP) is 4.62. The number of fused-ring (bicyclic) bond motifs is 1. The van der Waals surface area contributed by atoms with E-state index in [0.717, 1.165) is 21.5 Å². The third kappa shape index (κ3) is 3.24. The predicted molar refractivity (Wildman–Crippen MR) is 83.9 cm³/mol. The number of ether oxygens (including phenoxy) is 2. The average molecular weight is 373 g/mol. The SMILES string of the molecule is Fc1cc(CNc2cc3c(cc2Br)OCCO3)ccc1Cl. The lowest BCUT2D eigenvalue weighted by Gasteiger charge is -2.20. The summed E-state index contributed by atoms with van der Waals surface area (Å²) in [4.78, 5) is 0. The summed E-state index contributed by atoms with van der Waals surface area (Å²) in [7, 11) is 0. The summed E-state index contributed by atoms with van der Waals surface area (Å²) in [5.74, 6) is 1.00. The number of rotatable bonds is 3. The van der Waals surface area contributed by atoms with E-state index in [1.165, 1.54) is 6.07 Å². The van der Waals surface area contributed by atoms with Crippen LogP contribution in [-0.2, 0) is 6.54 Å². The summed E-state index contributed by atoms with van der Waals surface area (Å²) in [5.41, 5.74) is 1.66. The van der Waals surface area contributed by atoms with Crippen molar-refractivity contribution in [1.82, 2.24) is 0 Å². The minimum atomic E-state index is -0.419. The molecular weight excluding hydrogens is 361 g/mol. The molecule has 2 aromatic rings. The Bertz CT molecular complexity index is 681. The fourth-order valence-corrected chi connectivity index (χ4v) is 2.63. The largest absolute Gasteiger partial charge is 0.486 e. The Hall–Kier alpha value is -1.46. The minimum Gasteiger partial charge on any atom is -0.486 e. The molecule has 0 unspecified atom stereocenters. The molecule has 21 heavy (non-hydrogen) atoms. The number of nitrogens with one attached hydrogen (secondary N) is 1. The van der Waals surface area contributed by atoms with Crippen molar-refractivity contribution in [3.05, 3.63) is 51.2 Å². The summed E-state index contributed by atoms with van der Waals surface area (Å²) in [6.07, 6.45) is 0. The van der Waals surface area contributed by atoms with E-state index in [1.807, 2.05) is 12.1 Å². The molecule has 0 fully saturated rings. The third-order valence-corrected chi connectivity index (χ3v) is 4.06. The van der Waals surface area contributed by atoms with Gasteiger partial charge in [0.2, 0.25) is 0 Å². The highest BCUT2D eigenvalue weighted by Gasteiger charge is 2.14. The van der Waals surface area contributed by atoms with E-state index in [0.29, 0.717) is 25.5 Å². The van der Waals surface area contributed by atoms with Crippen LogP contribution in [-0.4, -0.2) is 13.2 Å². The number of hydrogen-bond donors (Lipinski definition) is 1. The van der Waals surface area contributed by atoms with E-state index < -0.39 is 5.82 Å². The second-order valence-corrected chi connectivity index (χ2v) is 5.84. The molecule has 0 saturated heterocycles. The Morgan fingerprint density at radius 3 is 2.57 bits per heavy atom. The van der Waals surface area contributed by atoms with Crippen LogP contribution in [0.4, 0.5) is 10.1 Å². The minimum absolute atomic E-state index is 0.124. The maximum Gasteiger partial charge on any atom is 0.163 e. The van der Waals surface area contributed by atoms with Crippen LogP contribution in [0.15, 0.2) is 34.8 Å². The Balaban J connectivity index is 1.77. The fraction of sp³-hybridized carbons (Fsp3) is 0.200. The summed E-state index contributed by atoms with van der Waals surface area (Å²) >= 11 is 9.15. The molecule has 0 aliphatic carbocycles. The van der Waals surface area contributed by atoms with Crippen molar-refractivity contribution in [2.24, 2.45) is 0 Å². The van der Waals surface area contributed by atoms with Gasteiger partial charge in [0.05, 0.1) is 10.7 Å². The quantitative estimate of drug-likeness (QED) is 0.852. The van der Waals surface area contributed by atoms with Crippen LogP contribution < -0.4 is 14.8 Å². The second kappa shape index (κ2) is 6.12. The van der Waals surface area contributed by atoms with Crippen LogP contribution in [0.5, 0.6) is 11.5 Å². The van der Waals surface area contributed by atoms with E-state index in [1.54, 1.807) is 12.1 Å². The third-order valence-electron chi connectivity index (χ3n) is 3.10. The Morgan fingerprint density at radius 2 is 1.86 bits per heavy atom. The highest BCUT2D eigenvalue weighted by atomic mass is 79.9. The molecule has 2 aromatic carbocycles. The summed E-state index contributed by atoms with van der Waals surface area (Å²) < 4.78 is 25.3. The normalized spacial score (nSPS) is 13.1. The van der Waals surface area contributed by atoms with Crippen LogP contribution in [0, 0.1) is 5.82 Å². The van der Waals surface area contributed by atoms with E-state index in [9.17, 15) is 4.39 Å². The lowest BCUT2D eigenvalue weighted by atomic mass is 10.2. The van der Waals surface area contributed by atoms with Crippen LogP contribution in [0.3, 0.4) is 0 Å². The van der Waals surface area contributed by atoms with E-state index >= 15 is 0 Å². The van der Waals surface area contributed by atoms with Crippen molar-refractivity contribution in [2.45, 2.75) is 6.54 Å². The molecule has 0 amide bonds. The zero-order chi connectivity index (χ0) is 14.8. The second-order valence-electron chi connectivity index (χ2n) is 4.58. The Morgan fingerprint density at radius 1 is 1.14 bits per heavy atom. The van der Waals surface area contributed by atoms with Gasteiger partial charge in [0.25, 0.3) is 0 Å². The first kappa shape index (κ1) is 14.5. The molecule has 0 radical (unpaired) electrons. The van der Waals surface area contributed by atoms with Crippen molar-refractivity contribution < 1.29 is 13.9 Å². The highest BCUT2D eigenvalue weighted by molar-refractivity contribution is 9.10. The van der Waals surface area contributed by atoms with Crippen molar-refractivity contribution in [2.75, 3.05) is 18.5 Å². The van der Waals surface area contributed by atoms with Gasteiger partial charge in [-0.25, -0.2) is 4.39 Å². The molecule has 1 heterocycles. The van der Waals surface area contributed by atoms with Gasteiger partial charge < -0.3 is 14.8 Å². The number of anilines is 1. The molecule has 0 spiro atoms. The molecule has 6 heteroatoms. The van der Waals surface area contributed by atoms with Gasteiger partial charge in [0, 0.05) is 23.2 Å². The lowest BCUT2D eigenvalue weighted by molar-refractivity contribution is 0.171. The molecule has 110 valence electrons. The number of hydrogen-bond acceptors (Lipinski definition) is 3. The average Bonchev–Trinajstić information content (AvgIpc) is 2.48. The van der Waals surface area contributed by atoms with Crippen molar-refractivity contribution >= 4 is 33.2 Å². The molecule has 3 nitrogen and oxygen atoms in total. The lowest BCUT2D eigenvalue weighted by Crippen LogP contribution is -2.15. The molecule has 0 aromatic heterocycles. The van der Waals surface area contributed by atoms with Crippen LogP contribution in [0.1, 0.15) is 5.56 Å². The first-order valence-electron chi connectivity index (χ1n) is 6.40. The van der Waals surface area contributed by atoms with Crippen LogP contribution in [0.2, 0.25) is 5.02 Å². The molecule has 3 rings (SSSR count). The van der Waals surface area contributed by atoms with Crippen molar-refractivity contribution in [3.8, 4) is 11.5 Å². The van der Waals surface area contributed by atoms with Gasteiger partial charge in [-0.05, 0) is 33.6 Å². The van der Waals surface area contributed by atoms with Gasteiger partial charge in [-0.15, -0.1) is 0 Å².